The normalized spacial score (nSPS) is 32.7. The Morgan fingerprint density at radius 2 is 2.27 bits per heavy atom. The zero-order valence-corrected chi connectivity index (χ0v) is 10.2. The van der Waals surface area contributed by atoms with Gasteiger partial charge in [0, 0.05) is 25.4 Å². The first-order chi connectivity index (χ1) is 7.22. The summed E-state index contributed by atoms with van der Waals surface area (Å²) in [5, 5.41) is 3.30. The van der Waals surface area contributed by atoms with E-state index >= 15 is 0 Å². The fraction of sp³-hybridized carbons (Fsp3) is 0.909. The fourth-order valence-corrected chi connectivity index (χ4v) is 3.22. The van der Waals surface area contributed by atoms with E-state index in [9.17, 15) is 4.79 Å². The molecule has 1 atom stereocenters. The van der Waals surface area contributed by atoms with E-state index < -0.39 is 0 Å². The average Bonchev–Trinajstić information content (AvgIpc) is 2.54. The van der Waals surface area contributed by atoms with Gasteiger partial charge in [-0.1, -0.05) is 0 Å². The van der Waals surface area contributed by atoms with Crippen LogP contribution in [0.15, 0.2) is 0 Å². The summed E-state index contributed by atoms with van der Waals surface area (Å²) in [4.78, 5) is 14.4. The molecule has 0 aromatic rings. The molecule has 86 valence electrons. The van der Waals surface area contributed by atoms with Gasteiger partial charge in [0.15, 0.2) is 0 Å². The van der Waals surface area contributed by atoms with Crippen molar-refractivity contribution in [1.29, 1.82) is 0 Å². The minimum Gasteiger partial charge on any atom is -0.341 e. The highest BCUT2D eigenvalue weighted by molar-refractivity contribution is 7.99. The van der Waals surface area contributed by atoms with Crippen LogP contribution in [0.5, 0.6) is 0 Å². The van der Waals surface area contributed by atoms with Crippen molar-refractivity contribution in [1.82, 2.24) is 10.2 Å². The molecule has 2 heterocycles. The van der Waals surface area contributed by atoms with Crippen LogP contribution in [0, 0.1) is 5.41 Å². The maximum Gasteiger partial charge on any atom is 0.229 e. The van der Waals surface area contributed by atoms with Gasteiger partial charge in [0.1, 0.15) is 0 Å². The van der Waals surface area contributed by atoms with Crippen LogP contribution in [0.3, 0.4) is 0 Å². The Balaban J connectivity index is 1.98. The second kappa shape index (κ2) is 4.74. The van der Waals surface area contributed by atoms with E-state index in [1.54, 1.807) is 0 Å². The van der Waals surface area contributed by atoms with Crippen molar-refractivity contribution in [3.63, 3.8) is 0 Å². The van der Waals surface area contributed by atoms with Crippen molar-refractivity contribution in [2.75, 3.05) is 37.7 Å². The Labute approximate surface area is 96.0 Å². The topological polar surface area (TPSA) is 32.3 Å². The molecule has 2 aliphatic heterocycles. The summed E-state index contributed by atoms with van der Waals surface area (Å²) in [6.45, 7) is 5.86. The van der Waals surface area contributed by atoms with Gasteiger partial charge >= 0.3 is 0 Å². The monoisotopic (exact) mass is 228 g/mol. The molecule has 0 aromatic heterocycles. The van der Waals surface area contributed by atoms with Crippen LogP contribution in [0.1, 0.15) is 19.8 Å². The lowest BCUT2D eigenvalue weighted by molar-refractivity contribution is -0.139. The van der Waals surface area contributed by atoms with Gasteiger partial charge in [-0.05, 0) is 32.1 Å². The molecular weight excluding hydrogens is 208 g/mol. The molecule has 2 rings (SSSR count). The number of carbonyl (C=O) groups excluding carboxylic acids is 1. The minimum atomic E-state index is -0.130. The van der Waals surface area contributed by atoms with Gasteiger partial charge in [0.05, 0.1) is 5.41 Å². The van der Waals surface area contributed by atoms with Gasteiger partial charge in [0.25, 0.3) is 0 Å². The Kier molecular flexibility index (Phi) is 3.57. The molecule has 1 N–H and O–H groups in total. The highest BCUT2D eigenvalue weighted by Gasteiger charge is 2.39. The van der Waals surface area contributed by atoms with Crippen LogP contribution < -0.4 is 5.32 Å². The summed E-state index contributed by atoms with van der Waals surface area (Å²) in [5.74, 6) is 2.68. The first-order valence-corrected chi connectivity index (χ1v) is 6.96. The number of nitrogens with one attached hydrogen (secondary N) is 1. The molecule has 2 saturated heterocycles. The van der Waals surface area contributed by atoms with E-state index in [-0.39, 0.29) is 5.41 Å². The Hall–Kier alpha value is -0.220. The molecular formula is C11H20N2OS. The van der Waals surface area contributed by atoms with Crippen LogP contribution in [0.25, 0.3) is 0 Å². The van der Waals surface area contributed by atoms with Crippen LogP contribution >= 0.6 is 11.8 Å². The maximum absolute atomic E-state index is 12.4. The number of hydrogen-bond donors (Lipinski definition) is 1. The van der Waals surface area contributed by atoms with E-state index in [0.717, 1.165) is 44.8 Å². The van der Waals surface area contributed by atoms with Gasteiger partial charge in [0.2, 0.25) is 5.91 Å². The Bertz CT molecular complexity index is 231. The van der Waals surface area contributed by atoms with Crippen molar-refractivity contribution in [2.45, 2.75) is 19.8 Å². The zero-order valence-electron chi connectivity index (χ0n) is 9.42. The molecule has 1 unspecified atom stereocenters. The molecule has 4 heteroatoms. The van der Waals surface area contributed by atoms with Crippen molar-refractivity contribution >= 4 is 17.7 Å². The van der Waals surface area contributed by atoms with E-state index in [1.807, 2.05) is 11.8 Å². The Morgan fingerprint density at radius 1 is 1.40 bits per heavy atom. The predicted octanol–water partition coefficient (Wildman–Crippen LogP) is 0.952. The van der Waals surface area contributed by atoms with E-state index in [2.05, 4.69) is 17.1 Å². The van der Waals surface area contributed by atoms with Crippen molar-refractivity contribution in [3.8, 4) is 0 Å². The summed E-state index contributed by atoms with van der Waals surface area (Å²) in [7, 11) is 0. The van der Waals surface area contributed by atoms with Gasteiger partial charge < -0.3 is 10.2 Å². The highest BCUT2D eigenvalue weighted by atomic mass is 32.2. The number of amides is 1. The first-order valence-electron chi connectivity index (χ1n) is 5.80. The van der Waals surface area contributed by atoms with Gasteiger partial charge in [-0.15, -0.1) is 0 Å². The third-order valence-corrected chi connectivity index (χ3v) is 4.44. The number of carbonyl (C=O) groups is 1. The third-order valence-electron chi connectivity index (χ3n) is 3.39. The van der Waals surface area contributed by atoms with Crippen molar-refractivity contribution < 1.29 is 4.79 Å². The molecule has 0 radical (unpaired) electrons. The lowest BCUT2D eigenvalue weighted by Crippen LogP contribution is -2.44. The predicted molar refractivity (Wildman–Crippen MR) is 64.1 cm³/mol. The molecule has 3 nitrogen and oxygen atoms in total. The molecule has 1 amide bonds. The van der Waals surface area contributed by atoms with Gasteiger partial charge in [-0.3, -0.25) is 4.79 Å². The highest BCUT2D eigenvalue weighted by Crippen LogP contribution is 2.28. The number of hydrogen-bond acceptors (Lipinski definition) is 3. The molecule has 15 heavy (non-hydrogen) atoms. The van der Waals surface area contributed by atoms with E-state index in [4.69, 9.17) is 0 Å². The average molecular weight is 228 g/mol. The SMILES string of the molecule is CC1(C(=O)N2CCCSCC2)CCNC1. The van der Waals surface area contributed by atoms with E-state index in [0.29, 0.717) is 5.91 Å². The van der Waals surface area contributed by atoms with Gasteiger partial charge in [-0.25, -0.2) is 0 Å². The summed E-state index contributed by atoms with van der Waals surface area (Å²) < 4.78 is 0. The molecule has 0 bridgehead atoms. The largest absolute Gasteiger partial charge is 0.341 e. The third kappa shape index (κ3) is 2.48. The number of nitrogens with zero attached hydrogens (tertiary/aromatic N) is 1. The van der Waals surface area contributed by atoms with E-state index in [1.165, 1.54) is 5.75 Å². The number of rotatable bonds is 1. The smallest absolute Gasteiger partial charge is 0.229 e. The van der Waals surface area contributed by atoms with Crippen molar-refractivity contribution in [3.05, 3.63) is 0 Å². The second-order valence-corrected chi connectivity index (χ2v) is 5.97. The first kappa shape index (κ1) is 11.3. The van der Waals surface area contributed by atoms with Crippen LogP contribution in [0.4, 0.5) is 0 Å². The summed E-state index contributed by atoms with van der Waals surface area (Å²) in [5.41, 5.74) is -0.130. The second-order valence-electron chi connectivity index (χ2n) is 4.75. The zero-order chi connectivity index (χ0) is 10.7. The molecule has 0 aromatic carbocycles. The Morgan fingerprint density at radius 3 is 3.00 bits per heavy atom. The van der Waals surface area contributed by atoms with Crippen LogP contribution in [0.2, 0.25) is 0 Å². The molecule has 2 fully saturated rings. The fourth-order valence-electron chi connectivity index (χ4n) is 2.33. The number of thioether (sulfide) groups is 1. The summed E-state index contributed by atoms with van der Waals surface area (Å²) in [6.07, 6.45) is 2.15. The van der Waals surface area contributed by atoms with Crippen molar-refractivity contribution in [2.24, 2.45) is 5.41 Å². The quantitative estimate of drug-likeness (QED) is 0.725. The van der Waals surface area contributed by atoms with Gasteiger partial charge in [-0.2, -0.15) is 11.8 Å². The lowest BCUT2D eigenvalue weighted by Gasteiger charge is -2.30. The minimum absolute atomic E-state index is 0.130. The lowest BCUT2D eigenvalue weighted by atomic mass is 9.88. The molecule has 0 saturated carbocycles. The molecule has 0 spiro atoms. The molecule has 0 aliphatic carbocycles. The standard InChI is InChI=1S/C11H20N2OS/c1-11(3-4-12-9-11)10(14)13-5-2-7-15-8-6-13/h12H,2-9H2,1H3. The maximum atomic E-state index is 12.4. The summed E-state index contributed by atoms with van der Waals surface area (Å²) >= 11 is 1.97. The van der Waals surface area contributed by atoms with Crippen LogP contribution in [-0.4, -0.2) is 48.5 Å². The van der Waals surface area contributed by atoms with Crippen LogP contribution in [-0.2, 0) is 4.79 Å². The molecule has 2 aliphatic rings. The summed E-state index contributed by atoms with van der Waals surface area (Å²) in [6, 6.07) is 0.